The molecule has 2 heterocycles. The first-order valence-corrected chi connectivity index (χ1v) is 8.56. The zero-order chi connectivity index (χ0) is 18.9. The zero-order valence-electron chi connectivity index (χ0n) is 15.5. The molecule has 3 rings (SSSR count). The van der Waals surface area contributed by atoms with Crippen molar-refractivity contribution in [2.45, 2.75) is 46.4 Å². The molecule has 0 spiro atoms. The van der Waals surface area contributed by atoms with Gasteiger partial charge in [0.1, 0.15) is 29.8 Å². The van der Waals surface area contributed by atoms with Crippen LogP contribution in [0.1, 0.15) is 41.2 Å². The minimum Gasteiger partial charge on any atom is -0.495 e. The SMILES string of the molecule is C/C=C\OCc1cc2n(n1)CC(C)(C=O)N(c1cc(C)cc(C)c1)C2=O. The fourth-order valence-electron chi connectivity index (χ4n) is 3.37. The predicted octanol–water partition coefficient (Wildman–Crippen LogP) is 3.17. The average molecular weight is 353 g/mol. The van der Waals surface area contributed by atoms with E-state index in [0.717, 1.165) is 23.1 Å². The van der Waals surface area contributed by atoms with Crippen LogP contribution in [0.4, 0.5) is 5.69 Å². The van der Waals surface area contributed by atoms with E-state index in [4.69, 9.17) is 4.74 Å². The van der Waals surface area contributed by atoms with Crippen LogP contribution in [0.2, 0.25) is 0 Å². The van der Waals surface area contributed by atoms with Crippen LogP contribution < -0.4 is 4.90 Å². The number of aryl methyl sites for hydroxylation is 2. The van der Waals surface area contributed by atoms with Crippen LogP contribution in [0.15, 0.2) is 36.6 Å². The summed E-state index contributed by atoms with van der Waals surface area (Å²) in [6.45, 7) is 8.15. The molecule has 0 bridgehead atoms. The molecule has 2 aromatic rings. The van der Waals surface area contributed by atoms with Crippen molar-refractivity contribution < 1.29 is 14.3 Å². The number of fused-ring (bicyclic) bond motifs is 1. The minimum absolute atomic E-state index is 0.236. The number of anilines is 1. The van der Waals surface area contributed by atoms with E-state index < -0.39 is 5.54 Å². The molecule has 0 saturated heterocycles. The maximum atomic E-state index is 13.2. The Hall–Kier alpha value is -2.89. The van der Waals surface area contributed by atoms with Crippen molar-refractivity contribution in [1.82, 2.24) is 9.78 Å². The minimum atomic E-state index is -1.00. The average Bonchev–Trinajstić information content (AvgIpc) is 2.97. The number of ether oxygens (including phenoxy) is 1. The first-order chi connectivity index (χ1) is 12.4. The number of allylic oxidation sites excluding steroid dienone is 1. The largest absolute Gasteiger partial charge is 0.495 e. The number of benzene rings is 1. The number of aromatic nitrogens is 2. The van der Waals surface area contributed by atoms with Gasteiger partial charge in [-0.2, -0.15) is 5.10 Å². The summed E-state index contributed by atoms with van der Waals surface area (Å²) in [5, 5.41) is 4.43. The van der Waals surface area contributed by atoms with Gasteiger partial charge in [-0.15, -0.1) is 0 Å². The van der Waals surface area contributed by atoms with Crippen LogP contribution in [-0.2, 0) is 22.7 Å². The molecule has 1 aliphatic heterocycles. The molecule has 1 aromatic heterocycles. The zero-order valence-corrected chi connectivity index (χ0v) is 15.5. The van der Waals surface area contributed by atoms with Gasteiger partial charge in [0.15, 0.2) is 0 Å². The van der Waals surface area contributed by atoms with Crippen molar-refractivity contribution >= 4 is 17.9 Å². The van der Waals surface area contributed by atoms with Crippen molar-refractivity contribution in [3.05, 3.63) is 59.1 Å². The Labute approximate surface area is 153 Å². The lowest BCUT2D eigenvalue weighted by atomic mass is 9.96. The fourth-order valence-corrected chi connectivity index (χ4v) is 3.37. The standard InChI is InChI=1S/C20H23N3O3/c1-5-6-26-11-16-10-18-19(25)23(17-8-14(2)7-15(3)9-17)20(4,13-24)12-22(18)21-16/h5-10,13H,11-12H2,1-4H3/b6-5-. The molecule has 0 aliphatic carbocycles. The lowest BCUT2D eigenvalue weighted by Crippen LogP contribution is -2.58. The molecule has 136 valence electrons. The molecule has 0 fully saturated rings. The van der Waals surface area contributed by atoms with Gasteiger partial charge < -0.3 is 9.53 Å². The summed E-state index contributed by atoms with van der Waals surface area (Å²) in [4.78, 5) is 26.7. The summed E-state index contributed by atoms with van der Waals surface area (Å²) in [5.41, 5.74) is 2.92. The molecule has 1 unspecified atom stereocenters. The number of nitrogens with zero attached hydrogens (tertiary/aromatic N) is 3. The normalized spacial score (nSPS) is 19.7. The van der Waals surface area contributed by atoms with Gasteiger partial charge in [0, 0.05) is 5.69 Å². The third kappa shape index (κ3) is 3.14. The Morgan fingerprint density at radius 1 is 1.23 bits per heavy atom. The van der Waals surface area contributed by atoms with Gasteiger partial charge in [-0.25, -0.2) is 0 Å². The summed E-state index contributed by atoms with van der Waals surface area (Å²) >= 11 is 0. The van der Waals surface area contributed by atoms with E-state index in [1.54, 1.807) is 34.9 Å². The second-order valence-electron chi connectivity index (χ2n) is 6.92. The van der Waals surface area contributed by atoms with E-state index in [0.29, 0.717) is 17.9 Å². The van der Waals surface area contributed by atoms with Gasteiger partial charge in [0.05, 0.1) is 12.8 Å². The molecule has 1 amide bonds. The van der Waals surface area contributed by atoms with E-state index >= 15 is 0 Å². The van der Waals surface area contributed by atoms with E-state index in [2.05, 4.69) is 5.10 Å². The van der Waals surface area contributed by atoms with E-state index in [9.17, 15) is 9.59 Å². The Morgan fingerprint density at radius 2 is 1.92 bits per heavy atom. The molecule has 6 nitrogen and oxygen atoms in total. The highest BCUT2D eigenvalue weighted by Gasteiger charge is 2.43. The van der Waals surface area contributed by atoms with Gasteiger partial charge in [-0.05, 0) is 57.0 Å². The topological polar surface area (TPSA) is 64.4 Å². The van der Waals surface area contributed by atoms with Crippen molar-refractivity contribution in [3.63, 3.8) is 0 Å². The molecule has 0 saturated carbocycles. The number of hydrogen-bond acceptors (Lipinski definition) is 4. The summed E-state index contributed by atoms with van der Waals surface area (Å²) in [7, 11) is 0. The monoisotopic (exact) mass is 353 g/mol. The molecular weight excluding hydrogens is 330 g/mol. The third-order valence-corrected chi connectivity index (χ3v) is 4.42. The van der Waals surface area contributed by atoms with Crippen LogP contribution in [0, 0.1) is 13.8 Å². The van der Waals surface area contributed by atoms with Gasteiger partial charge in [0.2, 0.25) is 0 Å². The fraction of sp³-hybridized carbons (Fsp3) is 0.350. The van der Waals surface area contributed by atoms with Crippen molar-refractivity contribution in [2.24, 2.45) is 0 Å². The highest BCUT2D eigenvalue weighted by atomic mass is 16.5. The smallest absolute Gasteiger partial charge is 0.277 e. The molecule has 0 radical (unpaired) electrons. The highest BCUT2D eigenvalue weighted by Crippen LogP contribution is 2.32. The van der Waals surface area contributed by atoms with Crippen molar-refractivity contribution in [2.75, 3.05) is 4.90 Å². The summed E-state index contributed by atoms with van der Waals surface area (Å²) in [6, 6.07) is 7.62. The van der Waals surface area contributed by atoms with Crippen molar-refractivity contribution in [3.8, 4) is 0 Å². The molecule has 1 atom stereocenters. The number of hydrogen-bond donors (Lipinski definition) is 0. The van der Waals surface area contributed by atoms with Gasteiger partial charge in [-0.1, -0.05) is 12.1 Å². The summed E-state index contributed by atoms with van der Waals surface area (Å²) in [6.07, 6.45) is 4.19. The van der Waals surface area contributed by atoms with Crippen LogP contribution >= 0.6 is 0 Å². The van der Waals surface area contributed by atoms with E-state index in [1.165, 1.54) is 0 Å². The van der Waals surface area contributed by atoms with Crippen LogP contribution in [0.3, 0.4) is 0 Å². The van der Waals surface area contributed by atoms with Crippen LogP contribution in [0.25, 0.3) is 0 Å². The molecule has 1 aliphatic rings. The second kappa shape index (κ2) is 6.78. The maximum absolute atomic E-state index is 13.2. The lowest BCUT2D eigenvalue weighted by Gasteiger charge is -2.41. The Bertz CT molecular complexity index is 864. The second-order valence-corrected chi connectivity index (χ2v) is 6.92. The lowest BCUT2D eigenvalue weighted by molar-refractivity contribution is -0.112. The molecule has 0 N–H and O–H groups in total. The first kappa shape index (κ1) is 17.9. The molecular formula is C20H23N3O3. The van der Waals surface area contributed by atoms with E-state index in [-0.39, 0.29) is 12.5 Å². The van der Waals surface area contributed by atoms with Gasteiger partial charge >= 0.3 is 0 Å². The Morgan fingerprint density at radius 3 is 2.54 bits per heavy atom. The van der Waals surface area contributed by atoms with Crippen LogP contribution in [0.5, 0.6) is 0 Å². The van der Waals surface area contributed by atoms with Crippen LogP contribution in [-0.4, -0.2) is 27.5 Å². The molecule has 1 aromatic carbocycles. The number of aldehydes is 1. The molecule has 26 heavy (non-hydrogen) atoms. The predicted molar refractivity (Wildman–Crippen MR) is 99.0 cm³/mol. The summed E-state index contributed by atoms with van der Waals surface area (Å²) < 4.78 is 6.95. The van der Waals surface area contributed by atoms with Gasteiger partial charge in [0.25, 0.3) is 5.91 Å². The maximum Gasteiger partial charge on any atom is 0.277 e. The highest BCUT2D eigenvalue weighted by molar-refractivity contribution is 6.09. The number of rotatable bonds is 5. The Balaban J connectivity index is 2.03. The molecule has 6 heteroatoms. The Kier molecular flexibility index (Phi) is 4.68. The van der Waals surface area contributed by atoms with E-state index in [1.807, 2.05) is 39.0 Å². The third-order valence-electron chi connectivity index (χ3n) is 4.42. The number of carbonyl (C=O) groups excluding carboxylic acids is 2. The van der Waals surface area contributed by atoms with Gasteiger partial charge in [-0.3, -0.25) is 14.4 Å². The number of carbonyl (C=O) groups is 2. The summed E-state index contributed by atoms with van der Waals surface area (Å²) in [5.74, 6) is -0.236. The van der Waals surface area contributed by atoms with Crippen molar-refractivity contribution in [1.29, 1.82) is 0 Å². The quantitative estimate of drug-likeness (QED) is 0.612. The first-order valence-electron chi connectivity index (χ1n) is 8.56. The number of amides is 1.